The summed E-state index contributed by atoms with van der Waals surface area (Å²) < 4.78 is 7.10. The van der Waals surface area contributed by atoms with Gasteiger partial charge in [-0.1, -0.05) is 42.5 Å². The first-order chi connectivity index (χ1) is 14.4. The minimum Gasteiger partial charge on any atom is -0.452 e. The number of pyridine rings is 1. The van der Waals surface area contributed by atoms with Crippen LogP contribution in [0.4, 0.5) is 0 Å². The largest absolute Gasteiger partial charge is 0.452 e. The third-order valence-electron chi connectivity index (χ3n) is 4.72. The van der Waals surface area contributed by atoms with Crippen LogP contribution in [0.1, 0.15) is 31.1 Å². The fourth-order valence-corrected chi connectivity index (χ4v) is 3.20. The van der Waals surface area contributed by atoms with Crippen LogP contribution in [-0.2, 0) is 16.1 Å². The third-order valence-corrected chi connectivity index (χ3v) is 4.72. The van der Waals surface area contributed by atoms with Gasteiger partial charge in [0.1, 0.15) is 0 Å². The smallest absolute Gasteiger partial charge is 0.339 e. The lowest BCUT2D eigenvalue weighted by Gasteiger charge is -2.20. The number of hydrogen-bond acceptors (Lipinski definition) is 5. The molecule has 0 spiro atoms. The molecule has 0 aliphatic carbocycles. The summed E-state index contributed by atoms with van der Waals surface area (Å²) in [5.74, 6) is -0.832. The number of esters is 1. The molecular formula is C23H26N4O3. The van der Waals surface area contributed by atoms with Crippen LogP contribution in [0.15, 0.2) is 54.7 Å². The fraction of sp³-hybridized carbons (Fsp3) is 0.304. The number of hydrogen-bond donors (Lipinski definition) is 0. The van der Waals surface area contributed by atoms with Gasteiger partial charge in [-0.15, -0.1) is 0 Å². The van der Waals surface area contributed by atoms with Crippen molar-refractivity contribution in [3.05, 3.63) is 60.3 Å². The summed E-state index contributed by atoms with van der Waals surface area (Å²) in [4.78, 5) is 31.6. The number of benzene rings is 1. The monoisotopic (exact) mass is 406 g/mol. The van der Waals surface area contributed by atoms with Gasteiger partial charge in [0.15, 0.2) is 12.3 Å². The van der Waals surface area contributed by atoms with Gasteiger partial charge in [0.2, 0.25) is 0 Å². The zero-order valence-electron chi connectivity index (χ0n) is 17.6. The average Bonchev–Trinajstić information content (AvgIpc) is 3.18. The lowest BCUT2D eigenvalue weighted by molar-refractivity contribution is -0.133. The van der Waals surface area contributed by atoms with Gasteiger partial charge in [0.05, 0.1) is 22.8 Å². The first kappa shape index (κ1) is 21.2. The molecule has 7 nitrogen and oxygen atoms in total. The molecule has 1 aromatic carbocycles. The van der Waals surface area contributed by atoms with Crippen LogP contribution < -0.4 is 0 Å². The predicted octanol–water partition coefficient (Wildman–Crippen LogP) is 3.70. The van der Waals surface area contributed by atoms with Crippen LogP contribution in [0, 0.1) is 0 Å². The quantitative estimate of drug-likeness (QED) is 0.421. The molecule has 0 saturated carbocycles. The maximum atomic E-state index is 12.9. The number of amides is 1. The Balaban J connectivity index is 1.90. The highest BCUT2D eigenvalue weighted by molar-refractivity contribution is 6.04. The van der Waals surface area contributed by atoms with E-state index in [-0.39, 0.29) is 12.5 Å². The van der Waals surface area contributed by atoms with E-state index in [4.69, 9.17) is 9.72 Å². The SMILES string of the molecule is C=C(C)CN(CC)C(=O)COC(=O)c1cc(-c2ccccc2)nc2c1cnn2CC. The van der Waals surface area contributed by atoms with Gasteiger partial charge in [-0.05, 0) is 26.8 Å². The first-order valence-corrected chi connectivity index (χ1v) is 9.95. The van der Waals surface area contributed by atoms with Crippen molar-refractivity contribution in [1.82, 2.24) is 19.7 Å². The average molecular weight is 406 g/mol. The van der Waals surface area contributed by atoms with Gasteiger partial charge in [-0.25, -0.2) is 14.5 Å². The Morgan fingerprint density at radius 1 is 1.20 bits per heavy atom. The molecule has 0 fully saturated rings. The molecule has 2 aromatic heterocycles. The summed E-state index contributed by atoms with van der Waals surface area (Å²) in [5, 5.41) is 4.92. The lowest BCUT2D eigenvalue weighted by atomic mass is 10.1. The van der Waals surface area contributed by atoms with Crippen molar-refractivity contribution in [3.63, 3.8) is 0 Å². The Hall–Kier alpha value is -3.48. The van der Waals surface area contributed by atoms with Gasteiger partial charge in [-0.2, -0.15) is 5.10 Å². The molecule has 3 rings (SSSR count). The van der Waals surface area contributed by atoms with Crippen LogP contribution in [0.25, 0.3) is 22.3 Å². The van der Waals surface area contributed by atoms with Crippen molar-refractivity contribution in [2.75, 3.05) is 19.7 Å². The van der Waals surface area contributed by atoms with E-state index in [1.54, 1.807) is 21.8 Å². The van der Waals surface area contributed by atoms with Crippen LogP contribution in [0.2, 0.25) is 0 Å². The highest BCUT2D eigenvalue weighted by atomic mass is 16.5. The number of fused-ring (bicyclic) bond motifs is 1. The van der Waals surface area contributed by atoms with E-state index >= 15 is 0 Å². The topological polar surface area (TPSA) is 77.3 Å². The van der Waals surface area contributed by atoms with Crippen LogP contribution in [0.5, 0.6) is 0 Å². The number of likely N-dealkylation sites (N-methyl/N-ethyl adjacent to an activating group) is 1. The maximum absolute atomic E-state index is 12.9. The van der Waals surface area contributed by atoms with Crippen molar-refractivity contribution in [2.45, 2.75) is 27.3 Å². The van der Waals surface area contributed by atoms with E-state index in [2.05, 4.69) is 11.7 Å². The van der Waals surface area contributed by atoms with E-state index in [9.17, 15) is 9.59 Å². The zero-order chi connectivity index (χ0) is 21.7. The van der Waals surface area contributed by atoms with E-state index in [1.165, 1.54) is 0 Å². The number of nitrogens with zero attached hydrogens (tertiary/aromatic N) is 4. The van der Waals surface area contributed by atoms with E-state index in [0.717, 1.165) is 11.1 Å². The number of ether oxygens (including phenoxy) is 1. The molecule has 0 atom stereocenters. The summed E-state index contributed by atoms with van der Waals surface area (Å²) in [5.41, 5.74) is 3.34. The van der Waals surface area contributed by atoms with Crippen molar-refractivity contribution in [1.29, 1.82) is 0 Å². The molecule has 0 aliphatic rings. The number of carbonyl (C=O) groups excluding carboxylic acids is 2. The normalized spacial score (nSPS) is 10.8. The molecule has 3 aromatic rings. The second-order valence-corrected chi connectivity index (χ2v) is 7.06. The van der Waals surface area contributed by atoms with Gasteiger partial charge in [0, 0.05) is 25.2 Å². The molecule has 0 radical (unpaired) electrons. The van der Waals surface area contributed by atoms with Crippen LogP contribution >= 0.6 is 0 Å². The number of aryl methyl sites for hydroxylation is 1. The summed E-state index contributed by atoms with van der Waals surface area (Å²) in [7, 11) is 0. The number of rotatable bonds is 8. The van der Waals surface area contributed by atoms with E-state index < -0.39 is 5.97 Å². The van der Waals surface area contributed by atoms with E-state index in [1.807, 2.05) is 51.1 Å². The Labute approximate surface area is 176 Å². The van der Waals surface area contributed by atoms with Crippen molar-refractivity contribution >= 4 is 22.9 Å². The fourth-order valence-electron chi connectivity index (χ4n) is 3.20. The molecule has 0 unspecified atom stereocenters. The summed E-state index contributed by atoms with van der Waals surface area (Å²) in [6, 6.07) is 11.3. The molecule has 1 amide bonds. The first-order valence-electron chi connectivity index (χ1n) is 9.95. The number of aromatic nitrogens is 3. The molecule has 7 heteroatoms. The predicted molar refractivity (Wildman–Crippen MR) is 116 cm³/mol. The maximum Gasteiger partial charge on any atom is 0.339 e. The summed E-state index contributed by atoms with van der Waals surface area (Å²) in [6.07, 6.45) is 1.61. The van der Waals surface area contributed by atoms with Crippen LogP contribution in [-0.4, -0.2) is 51.2 Å². The highest BCUT2D eigenvalue weighted by Crippen LogP contribution is 2.25. The molecule has 2 heterocycles. The second kappa shape index (κ2) is 9.35. The second-order valence-electron chi connectivity index (χ2n) is 7.06. The molecule has 0 N–H and O–H groups in total. The Bertz CT molecular complexity index is 1070. The lowest BCUT2D eigenvalue weighted by Crippen LogP contribution is -2.35. The van der Waals surface area contributed by atoms with Crippen molar-refractivity contribution in [2.24, 2.45) is 0 Å². The van der Waals surface area contributed by atoms with Crippen molar-refractivity contribution < 1.29 is 14.3 Å². The molecule has 0 saturated heterocycles. The van der Waals surface area contributed by atoms with Gasteiger partial charge in [-0.3, -0.25) is 4.79 Å². The number of carbonyl (C=O) groups is 2. The molecule has 0 aliphatic heterocycles. The van der Waals surface area contributed by atoms with Gasteiger partial charge in [0.25, 0.3) is 5.91 Å². The van der Waals surface area contributed by atoms with Gasteiger partial charge < -0.3 is 9.64 Å². The van der Waals surface area contributed by atoms with Crippen molar-refractivity contribution in [3.8, 4) is 11.3 Å². The molecular weight excluding hydrogens is 380 g/mol. The minimum atomic E-state index is -0.574. The Kier molecular flexibility index (Phi) is 6.61. The third kappa shape index (κ3) is 4.56. The zero-order valence-corrected chi connectivity index (χ0v) is 17.6. The van der Waals surface area contributed by atoms with Crippen LogP contribution in [0.3, 0.4) is 0 Å². The Morgan fingerprint density at radius 3 is 2.57 bits per heavy atom. The van der Waals surface area contributed by atoms with Gasteiger partial charge >= 0.3 is 5.97 Å². The standard InChI is InChI=1S/C23H26N4O3/c1-5-26(14-16(3)4)21(28)15-30-23(29)18-12-20(17-10-8-7-9-11-17)25-22-19(18)13-24-27(22)6-2/h7-13H,3,5-6,14-15H2,1-2,4H3. The highest BCUT2D eigenvalue weighted by Gasteiger charge is 2.20. The summed E-state index contributed by atoms with van der Waals surface area (Å²) >= 11 is 0. The Morgan fingerprint density at radius 2 is 1.93 bits per heavy atom. The molecule has 0 bridgehead atoms. The molecule has 156 valence electrons. The minimum absolute atomic E-state index is 0.258. The molecule has 30 heavy (non-hydrogen) atoms. The summed E-state index contributed by atoms with van der Waals surface area (Å²) in [6.45, 7) is 10.8. The van der Waals surface area contributed by atoms with E-state index in [0.29, 0.717) is 41.9 Å².